The number of carbonyl (C=O) groups is 2. The van der Waals surface area contributed by atoms with Crippen molar-refractivity contribution >= 4 is 57.8 Å². The standard InChI is InChI=1S/C24H15Cl2NO3S/c25-16-11-12-18(19(26)13-16)23(28)27(17-9-5-2-6-10-17)20-14-21(31-22(20)24(29)30)15-7-3-1-4-8-15/h1-14H,(H,29,30). The van der Waals surface area contributed by atoms with Crippen molar-refractivity contribution in [2.24, 2.45) is 0 Å². The Morgan fingerprint density at radius 1 is 0.839 bits per heavy atom. The van der Waals surface area contributed by atoms with Crippen LogP contribution >= 0.6 is 34.5 Å². The number of carboxylic acid groups (broad SMARTS) is 1. The zero-order chi connectivity index (χ0) is 22.0. The summed E-state index contributed by atoms with van der Waals surface area (Å²) in [6.07, 6.45) is 0. The number of benzene rings is 3. The topological polar surface area (TPSA) is 57.6 Å². The molecule has 0 spiro atoms. The molecule has 154 valence electrons. The fraction of sp³-hybridized carbons (Fsp3) is 0. The molecule has 3 aromatic carbocycles. The molecule has 0 saturated carbocycles. The first-order valence-corrected chi connectivity index (χ1v) is 10.8. The van der Waals surface area contributed by atoms with Crippen molar-refractivity contribution in [3.05, 3.63) is 105 Å². The van der Waals surface area contributed by atoms with Crippen LogP contribution in [0, 0.1) is 0 Å². The van der Waals surface area contributed by atoms with Gasteiger partial charge in [0.1, 0.15) is 4.88 Å². The first-order valence-electron chi connectivity index (χ1n) is 9.23. The number of hydrogen-bond donors (Lipinski definition) is 1. The van der Waals surface area contributed by atoms with Gasteiger partial charge in [-0.25, -0.2) is 4.79 Å². The molecule has 0 aliphatic rings. The van der Waals surface area contributed by atoms with Crippen molar-refractivity contribution in [2.75, 3.05) is 4.90 Å². The van der Waals surface area contributed by atoms with E-state index in [2.05, 4.69) is 0 Å². The van der Waals surface area contributed by atoms with Crippen molar-refractivity contribution in [3.8, 4) is 10.4 Å². The van der Waals surface area contributed by atoms with Gasteiger partial charge in [-0.15, -0.1) is 11.3 Å². The zero-order valence-corrected chi connectivity index (χ0v) is 18.3. The lowest BCUT2D eigenvalue weighted by atomic mass is 10.1. The smallest absolute Gasteiger partial charge is 0.348 e. The van der Waals surface area contributed by atoms with Crippen LogP contribution in [-0.2, 0) is 0 Å². The minimum atomic E-state index is -1.11. The third-order valence-electron chi connectivity index (χ3n) is 4.58. The summed E-state index contributed by atoms with van der Waals surface area (Å²) in [4.78, 5) is 27.9. The van der Waals surface area contributed by atoms with Gasteiger partial charge < -0.3 is 5.11 Å². The van der Waals surface area contributed by atoms with Gasteiger partial charge >= 0.3 is 5.97 Å². The minimum absolute atomic E-state index is 0.0566. The van der Waals surface area contributed by atoms with Crippen LogP contribution in [0.1, 0.15) is 20.0 Å². The molecule has 7 heteroatoms. The maximum absolute atomic E-state index is 13.6. The molecule has 0 aliphatic carbocycles. The number of anilines is 2. The van der Waals surface area contributed by atoms with Crippen molar-refractivity contribution < 1.29 is 14.7 Å². The van der Waals surface area contributed by atoms with E-state index >= 15 is 0 Å². The van der Waals surface area contributed by atoms with E-state index in [4.69, 9.17) is 23.2 Å². The average Bonchev–Trinajstić information content (AvgIpc) is 3.20. The molecule has 0 bridgehead atoms. The van der Waals surface area contributed by atoms with Crippen molar-refractivity contribution in [1.82, 2.24) is 0 Å². The number of aromatic carboxylic acids is 1. The largest absolute Gasteiger partial charge is 0.477 e. The van der Waals surface area contributed by atoms with Crippen LogP contribution in [0.3, 0.4) is 0 Å². The third kappa shape index (κ3) is 4.35. The number of para-hydroxylation sites is 1. The van der Waals surface area contributed by atoms with Gasteiger partial charge in [0.05, 0.1) is 16.3 Å². The lowest BCUT2D eigenvalue weighted by molar-refractivity contribution is 0.0703. The second-order valence-electron chi connectivity index (χ2n) is 6.60. The molecule has 4 aromatic rings. The normalized spacial score (nSPS) is 10.6. The van der Waals surface area contributed by atoms with E-state index in [9.17, 15) is 14.7 Å². The number of carbonyl (C=O) groups excluding carboxylic acids is 1. The monoisotopic (exact) mass is 467 g/mol. The van der Waals surface area contributed by atoms with Crippen LogP contribution in [0.4, 0.5) is 11.4 Å². The quantitative estimate of drug-likeness (QED) is 0.332. The first-order chi connectivity index (χ1) is 15.0. The van der Waals surface area contributed by atoms with Gasteiger partial charge in [0, 0.05) is 15.6 Å². The molecular formula is C24H15Cl2NO3S. The molecule has 0 radical (unpaired) electrons. The summed E-state index contributed by atoms with van der Waals surface area (Å²) in [5.41, 5.74) is 1.89. The van der Waals surface area contributed by atoms with Crippen LogP contribution < -0.4 is 4.90 Å². The average molecular weight is 468 g/mol. The molecule has 0 fully saturated rings. The lowest BCUT2D eigenvalue weighted by Gasteiger charge is -2.23. The van der Waals surface area contributed by atoms with E-state index < -0.39 is 11.9 Å². The number of rotatable bonds is 5. The van der Waals surface area contributed by atoms with E-state index in [-0.39, 0.29) is 21.2 Å². The summed E-state index contributed by atoms with van der Waals surface area (Å²) in [7, 11) is 0. The van der Waals surface area contributed by atoms with Gasteiger partial charge in [-0.2, -0.15) is 0 Å². The summed E-state index contributed by atoms with van der Waals surface area (Å²) in [6.45, 7) is 0. The molecule has 1 aromatic heterocycles. The summed E-state index contributed by atoms with van der Waals surface area (Å²) in [5, 5.41) is 10.5. The molecule has 31 heavy (non-hydrogen) atoms. The Labute approximate surface area is 192 Å². The summed E-state index contributed by atoms with van der Waals surface area (Å²) >= 11 is 13.4. The van der Waals surface area contributed by atoms with Gasteiger partial charge in [-0.3, -0.25) is 9.69 Å². The molecule has 0 aliphatic heterocycles. The Hall–Kier alpha value is -3.12. The Balaban J connectivity index is 1.91. The van der Waals surface area contributed by atoms with Crippen LogP contribution in [0.2, 0.25) is 10.0 Å². The second kappa shape index (κ2) is 8.94. The van der Waals surface area contributed by atoms with Crippen LogP contribution in [0.5, 0.6) is 0 Å². The fourth-order valence-electron chi connectivity index (χ4n) is 3.17. The Kier molecular flexibility index (Phi) is 6.09. The molecule has 1 N–H and O–H groups in total. The fourth-order valence-corrected chi connectivity index (χ4v) is 4.65. The molecule has 0 atom stereocenters. The number of thiophene rings is 1. The van der Waals surface area contributed by atoms with E-state index in [1.54, 1.807) is 36.4 Å². The molecular weight excluding hydrogens is 453 g/mol. The molecule has 4 nitrogen and oxygen atoms in total. The van der Waals surface area contributed by atoms with Crippen LogP contribution in [0.15, 0.2) is 84.9 Å². The molecule has 0 unspecified atom stereocenters. The lowest BCUT2D eigenvalue weighted by Crippen LogP contribution is -2.27. The third-order valence-corrected chi connectivity index (χ3v) is 6.29. The highest BCUT2D eigenvalue weighted by Gasteiger charge is 2.28. The number of carboxylic acids is 1. The molecule has 1 heterocycles. The van der Waals surface area contributed by atoms with E-state index in [0.717, 1.165) is 21.8 Å². The number of halogens is 2. The van der Waals surface area contributed by atoms with E-state index in [0.29, 0.717) is 10.7 Å². The molecule has 4 rings (SSSR count). The Morgan fingerprint density at radius 3 is 2.10 bits per heavy atom. The number of hydrogen-bond acceptors (Lipinski definition) is 3. The predicted octanol–water partition coefficient (Wildman–Crippen LogP) is 7.40. The van der Waals surface area contributed by atoms with Gasteiger partial charge in [0.25, 0.3) is 5.91 Å². The van der Waals surface area contributed by atoms with Crippen molar-refractivity contribution in [3.63, 3.8) is 0 Å². The highest BCUT2D eigenvalue weighted by atomic mass is 35.5. The predicted molar refractivity (Wildman–Crippen MR) is 126 cm³/mol. The summed E-state index contributed by atoms with van der Waals surface area (Å²) < 4.78 is 0. The SMILES string of the molecule is O=C(O)c1sc(-c2ccccc2)cc1N(C(=O)c1ccc(Cl)cc1Cl)c1ccccc1. The highest BCUT2D eigenvalue weighted by molar-refractivity contribution is 7.18. The maximum Gasteiger partial charge on any atom is 0.348 e. The number of nitrogens with zero attached hydrogens (tertiary/aromatic N) is 1. The van der Waals surface area contributed by atoms with Gasteiger partial charge in [0.2, 0.25) is 0 Å². The van der Waals surface area contributed by atoms with Gasteiger partial charge in [-0.05, 0) is 42.0 Å². The second-order valence-corrected chi connectivity index (χ2v) is 8.49. The number of amides is 1. The molecule has 1 amide bonds. The first kappa shape index (κ1) is 21.1. The maximum atomic E-state index is 13.6. The van der Waals surface area contributed by atoms with Crippen molar-refractivity contribution in [1.29, 1.82) is 0 Å². The minimum Gasteiger partial charge on any atom is -0.477 e. The highest BCUT2D eigenvalue weighted by Crippen LogP contribution is 2.41. The van der Waals surface area contributed by atoms with Gasteiger partial charge in [0.15, 0.2) is 0 Å². The molecule has 0 saturated heterocycles. The van der Waals surface area contributed by atoms with E-state index in [1.807, 2.05) is 36.4 Å². The summed E-state index contributed by atoms with van der Waals surface area (Å²) in [5.74, 6) is -1.56. The Bertz CT molecular complexity index is 1260. The Morgan fingerprint density at radius 2 is 1.48 bits per heavy atom. The summed E-state index contributed by atoms with van der Waals surface area (Å²) in [6, 6.07) is 24.6. The van der Waals surface area contributed by atoms with Crippen molar-refractivity contribution in [2.45, 2.75) is 0 Å². The van der Waals surface area contributed by atoms with Gasteiger partial charge in [-0.1, -0.05) is 71.7 Å². The van der Waals surface area contributed by atoms with Crippen LogP contribution in [-0.4, -0.2) is 17.0 Å². The van der Waals surface area contributed by atoms with Crippen LogP contribution in [0.25, 0.3) is 10.4 Å². The van der Waals surface area contributed by atoms with E-state index in [1.165, 1.54) is 17.0 Å². The zero-order valence-electron chi connectivity index (χ0n) is 16.0.